The van der Waals surface area contributed by atoms with E-state index < -0.39 is 0 Å². The smallest absolute Gasteiger partial charge is 0.0669 e. The summed E-state index contributed by atoms with van der Waals surface area (Å²) in [6, 6.07) is 6.45. The first kappa shape index (κ1) is 14.8. The maximum Gasteiger partial charge on any atom is 0.0669 e. The average molecular weight is 271 g/mol. The van der Waals surface area contributed by atoms with Crippen molar-refractivity contribution in [3.05, 3.63) is 51.8 Å². The molecule has 3 nitrogen and oxygen atoms in total. The predicted molar refractivity (Wildman–Crippen MR) is 83.9 cm³/mol. The van der Waals surface area contributed by atoms with Gasteiger partial charge in [-0.05, 0) is 43.4 Å². The average Bonchev–Trinajstić information content (AvgIpc) is 2.79. The Morgan fingerprint density at radius 3 is 2.20 bits per heavy atom. The Labute approximate surface area is 121 Å². The van der Waals surface area contributed by atoms with Gasteiger partial charge in [-0.25, -0.2) is 0 Å². The molecule has 108 valence electrons. The summed E-state index contributed by atoms with van der Waals surface area (Å²) in [6.07, 6.45) is 1.92. The van der Waals surface area contributed by atoms with Crippen molar-refractivity contribution in [3.63, 3.8) is 0 Å². The Bertz CT molecular complexity index is 576. The van der Waals surface area contributed by atoms with E-state index in [9.17, 15) is 0 Å². The van der Waals surface area contributed by atoms with Gasteiger partial charge in [0.25, 0.3) is 0 Å². The highest BCUT2D eigenvalue weighted by molar-refractivity contribution is 5.35. The van der Waals surface area contributed by atoms with E-state index in [1.807, 2.05) is 0 Å². The van der Waals surface area contributed by atoms with Crippen LogP contribution in [0, 0.1) is 13.8 Å². The fourth-order valence-corrected chi connectivity index (χ4v) is 2.88. The van der Waals surface area contributed by atoms with Gasteiger partial charge in [0.1, 0.15) is 0 Å². The van der Waals surface area contributed by atoms with Crippen LogP contribution in [0.4, 0.5) is 0 Å². The van der Waals surface area contributed by atoms with Crippen LogP contribution in [0.1, 0.15) is 47.5 Å². The molecular weight excluding hydrogens is 246 g/mol. The lowest BCUT2D eigenvalue weighted by Gasteiger charge is -2.12. The van der Waals surface area contributed by atoms with Crippen molar-refractivity contribution in [3.8, 4) is 0 Å². The molecule has 1 aromatic carbocycles. The van der Waals surface area contributed by atoms with Crippen LogP contribution < -0.4 is 5.73 Å². The number of aryl methyl sites for hydroxylation is 3. The largest absolute Gasteiger partial charge is 0.326 e. The highest BCUT2D eigenvalue weighted by Crippen LogP contribution is 2.20. The summed E-state index contributed by atoms with van der Waals surface area (Å²) >= 11 is 0. The molecule has 0 unspecified atom stereocenters. The molecule has 2 N–H and O–H groups in total. The molecule has 2 rings (SSSR count). The van der Waals surface area contributed by atoms with Gasteiger partial charge in [0.2, 0.25) is 0 Å². The third-order valence-electron chi connectivity index (χ3n) is 4.08. The van der Waals surface area contributed by atoms with Crippen molar-refractivity contribution in [1.29, 1.82) is 0 Å². The van der Waals surface area contributed by atoms with Crippen LogP contribution in [0.3, 0.4) is 0 Å². The van der Waals surface area contributed by atoms with E-state index in [2.05, 4.69) is 50.6 Å². The monoisotopic (exact) mass is 271 g/mol. The standard InChI is InChI=1S/C17H25N3/c1-5-16-14(10-18)17(6-2)20(19-16)11-15-12(3)8-7-9-13(15)4/h7-9H,5-6,10-11,18H2,1-4H3. The summed E-state index contributed by atoms with van der Waals surface area (Å²) in [5.74, 6) is 0. The molecule has 0 fully saturated rings. The lowest BCUT2D eigenvalue weighted by Crippen LogP contribution is -2.10. The van der Waals surface area contributed by atoms with Crippen molar-refractivity contribution in [2.75, 3.05) is 0 Å². The summed E-state index contributed by atoms with van der Waals surface area (Å²) in [7, 11) is 0. The molecule has 0 aliphatic carbocycles. The number of aromatic nitrogens is 2. The molecule has 0 bridgehead atoms. The third-order valence-corrected chi connectivity index (χ3v) is 4.08. The van der Waals surface area contributed by atoms with Crippen LogP contribution in [0.15, 0.2) is 18.2 Å². The van der Waals surface area contributed by atoms with E-state index in [0.717, 1.165) is 25.1 Å². The molecule has 0 saturated heterocycles. The summed E-state index contributed by atoms with van der Waals surface area (Å²) in [4.78, 5) is 0. The lowest BCUT2D eigenvalue weighted by atomic mass is 10.0. The second-order valence-electron chi connectivity index (χ2n) is 5.31. The van der Waals surface area contributed by atoms with Gasteiger partial charge < -0.3 is 5.73 Å². The number of nitrogens with zero attached hydrogens (tertiary/aromatic N) is 2. The van der Waals surface area contributed by atoms with Crippen LogP contribution >= 0.6 is 0 Å². The van der Waals surface area contributed by atoms with Crippen molar-refractivity contribution >= 4 is 0 Å². The van der Waals surface area contributed by atoms with Crippen molar-refractivity contribution < 1.29 is 0 Å². The van der Waals surface area contributed by atoms with E-state index in [4.69, 9.17) is 10.8 Å². The van der Waals surface area contributed by atoms with E-state index >= 15 is 0 Å². The Kier molecular flexibility index (Phi) is 4.61. The van der Waals surface area contributed by atoms with E-state index in [1.54, 1.807) is 0 Å². The topological polar surface area (TPSA) is 43.8 Å². The van der Waals surface area contributed by atoms with Gasteiger partial charge in [-0.15, -0.1) is 0 Å². The van der Waals surface area contributed by atoms with Crippen LogP contribution in [-0.2, 0) is 25.9 Å². The van der Waals surface area contributed by atoms with Crippen molar-refractivity contribution in [2.24, 2.45) is 5.73 Å². The molecule has 1 aromatic heterocycles. The predicted octanol–water partition coefficient (Wildman–Crippen LogP) is 3.13. The molecule has 20 heavy (non-hydrogen) atoms. The van der Waals surface area contributed by atoms with Crippen LogP contribution in [0.5, 0.6) is 0 Å². The second-order valence-corrected chi connectivity index (χ2v) is 5.31. The summed E-state index contributed by atoms with van der Waals surface area (Å²) in [5, 5.41) is 4.78. The Morgan fingerprint density at radius 2 is 1.70 bits per heavy atom. The maximum absolute atomic E-state index is 5.92. The SMILES string of the molecule is CCc1nn(Cc2c(C)cccc2C)c(CC)c1CN. The molecule has 0 radical (unpaired) electrons. The highest BCUT2D eigenvalue weighted by Gasteiger charge is 2.15. The Morgan fingerprint density at radius 1 is 1.05 bits per heavy atom. The Balaban J connectivity index is 2.46. The third kappa shape index (κ3) is 2.63. The van der Waals surface area contributed by atoms with E-state index in [-0.39, 0.29) is 0 Å². The first-order valence-electron chi connectivity index (χ1n) is 7.44. The molecule has 0 spiro atoms. The molecule has 3 heteroatoms. The van der Waals surface area contributed by atoms with Crippen molar-refractivity contribution in [2.45, 2.75) is 53.6 Å². The van der Waals surface area contributed by atoms with E-state index in [1.165, 1.54) is 27.9 Å². The first-order valence-corrected chi connectivity index (χ1v) is 7.44. The maximum atomic E-state index is 5.92. The minimum Gasteiger partial charge on any atom is -0.326 e. The number of hydrogen-bond donors (Lipinski definition) is 1. The molecule has 0 atom stereocenters. The number of benzene rings is 1. The zero-order valence-corrected chi connectivity index (χ0v) is 13.0. The lowest BCUT2D eigenvalue weighted by molar-refractivity contribution is 0.635. The van der Waals surface area contributed by atoms with Crippen LogP contribution in [0.25, 0.3) is 0 Å². The van der Waals surface area contributed by atoms with Gasteiger partial charge in [-0.2, -0.15) is 5.10 Å². The minimum absolute atomic E-state index is 0.582. The van der Waals surface area contributed by atoms with Gasteiger partial charge in [0.15, 0.2) is 0 Å². The zero-order chi connectivity index (χ0) is 14.7. The zero-order valence-electron chi connectivity index (χ0n) is 13.0. The fraction of sp³-hybridized carbons (Fsp3) is 0.471. The molecule has 2 aromatic rings. The fourth-order valence-electron chi connectivity index (χ4n) is 2.88. The molecule has 0 aliphatic heterocycles. The van der Waals surface area contributed by atoms with Gasteiger partial charge in [-0.1, -0.05) is 32.0 Å². The van der Waals surface area contributed by atoms with Crippen LogP contribution in [-0.4, -0.2) is 9.78 Å². The van der Waals surface area contributed by atoms with Gasteiger partial charge >= 0.3 is 0 Å². The summed E-state index contributed by atoms with van der Waals surface area (Å²) < 4.78 is 2.15. The minimum atomic E-state index is 0.582. The summed E-state index contributed by atoms with van der Waals surface area (Å²) in [6.45, 7) is 10.1. The summed E-state index contributed by atoms with van der Waals surface area (Å²) in [5.41, 5.74) is 13.6. The van der Waals surface area contributed by atoms with Crippen molar-refractivity contribution in [1.82, 2.24) is 9.78 Å². The Hall–Kier alpha value is -1.61. The highest BCUT2D eigenvalue weighted by atomic mass is 15.3. The molecule has 0 aliphatic rings. The number of hydrogen-bond acceptors (Lipinski definition) is 2. The van der Waals surface area contributed by atoms with Gasteiger partial charge in [0.05, 0.1) is 12.2 Å². The van der Waals surface area contributed by atoms with Gasteiger partial charge in [0, 0.05) is 17.8 Å². The van der Waals surface area contributed by atoms with E-state index in [0.29, 0.717) is 6.54 Å². The first-order chi connectivity index (χ1) is 9.62. The molecule has 1 heterocycles. The molecular formula is C17H25N3. The van der Waals surface area contributed by atoms with Gasteiger partial charge in [-0.3, -0.25) is 4.68 Å². The second kappa shape index (κ2) is 6.23. The molecule has 0 amide bonds. The number of rotatable bonds is 5. The normalized spacial score (nSPS) is 11.1. The number of nitrogens with two attached hydrogens (primary N) is 1. The van der Waals surface area contributed by atoms with Crippen LogP contribution in [0.2, 0.25) is 0 Å². The quantitative estimate of drug-likeness (QED) is 0.908. The molecule has 0 saturated carbocycles.